The number of allylic oxidation sites excluding steroid dienone is 5. The highest BCUT2D eigenvalue weighted by atomic mass is 16.5. The molecular formula is C53H35N3O. The van der Waals surface area contributed by atoms with Crippen LogP contribution in [-0.2, 0) is 11.8 Å². The summed E-state index contributed by atoms with van der Waals surface area (Å²) in [7, 11) is 0. The molecule has 0 radical (unpaired) electrons. The molecule has 12 rings (SSSR count). The molecule has 1 aliphatic heterocycles. The van der Waals surface area contributed by atoms with E-state index in [-0.39, 0.29) is 5.92 Å². The lowest BCUT2D eigenvalue weighted by atomic mass is 9.63. The minimum atomic E-state index is -0.521. The Morgan fingerprint density at radius 3 is 2.00 bits per heavy atom. The Hall–Kier alpha value is -7.17. The Bertz CT molecular complexity index is 3020. The van der Waals surface area contributed by atoms with Crippen molar-refractivity contribution in [3.63, 3.8) is 0 Å². The quantitative estimate of drug-likeness (QED) is 0.181. The molecule has 0 fully saturated rings. The first-order chi connectivity index (χ1) is 28.3. The maximum atomic E-state index is 7.15. The van der Waals surface area contributed by atoms with Crippen LogP contribution in [0.3, 0.4) is 0 Å². The van der Waals surface area contributed by atoms with Crippen LogP contribution in [0, 0.1) is 0 Å². The molecular weight excluding hydrogens is 695 g/mol. The topological polar surface area (TPSA) is 47.9 Å². The highest BCUT2D eigenvalue weighted by Crippen LogP contribution is 2.62. The molecule has 4 nitrogen and oxygen atoms in total. The van der Waals surface area contributed by atoms with Crippen LogP contribution in [0.25, 0.3) is 62.1 Å². The number of para-hydroxylation sites is 1. The Labute approximate surface area is 331 Å². The van der Waals surface area contributed by atoms with Crippen LogP contribution in [0.1, 0.15) is 45.7 Å². The third-order valence-electron chi connectivity index (χ3n) is 12.3. The maximum Gasteiger partial charge on any atom is 0.164 e. The molecule has 4 heteroatoms. The highest BCUT2D eigenvalue weighted by Gasteiger charge is 2.53. The lowest BCUT2D eigenvalue weighted by molar-refractivity contribution is 0.345. The monoisotopic (exact) mass is 729 g/mol. The molecule has 3 aliphatic carbocycles. The van der Waals surface area contributed by atoms with Gasteiger partial charge in [-0.2, -0.15) is 0 Å². The Kier molecular flexibility index (Phi) is 7.00. The van der Waals surface area contributed by atoms with Crippen molar-refractivity contribution < 1.29 is 4.74 Å². The summed E-state index contributed by atoms with van der Waals surface area (Å²) in [4.78, 5) is 15.7. The van der Waals surface area contributed by atoms with Crippen molar-refractivity contribution in [3.8, 4) is 51.0 Å². The molecule has 4 aliphatic rings. The van der Waals surface area contributed by atoms with Crippen molar-refractivity contribution >= 4 is 16.8 Å². The summed E-state index contributed by atoms with van der Waals surface area (Å²) in [5, 5.41) is 2.50. The first-order valence-electron chi connectivity index (χ1n) is 19.8. The van der Waals surface area contributed by atoms with E-state index in [4.69, 9.17) is 19.7 Å². The first kappa shape index (κ1) is 32.1. The van der Waals surface area contributed by atoms with Crippen molar-refractivity contribution in [2.24, 2.45) is 0 Å². The number of ether oxygens (including phenoxy) is 1. The number of hydrogen-bond acceptors (Lipinski definition) is 4. The van der Waals surface area contributed by atoms with E-state index in [9.17, 15) is 0 Å². The number of fused-ring (bicyclic) bond motifs is 8. The molecule has 1 atom stereocenters. The number of nitrogens with zero attached hydrogens (tertiary/aromatic N) is 3. The lowest BCUT2D eigenvalue weighted by Gasteiger charge is -2.43. The summed E-state index contributed by atoms with van der Waals surface area (Å²) in [5.74, 6) is 3.73. The lowest BCUT2D eigenvalue weighted by Crippen LogP contribution is -2.36. The van der Waals surface area contributed by atoms with E-state index in [2.05, 4.69) is 164 Å². The van der Waals surface area contributed by atoms with Crippen LogP contribution < -0.4 is 4.74 Å². The Balaban J connectivity index is 1.07. The third-order valence-corrected chi connectivity index (χ3v) is 12.3. The molecule has 0 saturated carbocycles. The van der Waals surface area contributed by atoms with E-state index in [1.54, 1.807) is 0 Å². The number of benzene rings is 7. The zero-order valence-electron chi connectivity index (χ0n) is 31.1. The van der Waals surface area contributed by atoms with Gasteiger partial charge in [-0.25, -0.2) is 15.0 Å². The summed E-state index contributed by atoms with van der Waals surface area (Å²) in [5.41, 5.74) is 13.5. The molecule has 2 heterocycles. The van der Waals surface area contributed by atoms with E-state index in [1.165, 1.54) is 55.3 Å². The largest absolute Gasteiger partial charge is 0.460 e. The van der Waals surface area contributed by atoms with E-state index in [1.807, 2.05) is 18.2 Å². The average Bonchev–Trinajstić information content (AvgIpc) is 3.57. The van der Waals surface area contributed by atoms with Gasteiger partial charge in [0, 0.05) is 33.7 Å². The minimum absolute atomic E-state index is 0.0829. The average molecular weight is 730 g/mol. The molecule has 0 amide bonds. The predicted molar refractivity (Wildman–Crippen MR) is 229 cm³/mol. The standard InChI is InChI=1S/C53H35N3O/c1-2-15-34(16-3-1)50-54-51(37-31-35-19-12-17-33-18-13-20-36(32-37)48(33)35)56-52(55-50)42-24-5-4-21-38(42)41-25-14-29-46-49(41)57-47-30-11-10-28-45(47)53(46)43-26-8-6-22-39(43)40-23-7-9-27-44(40)53/h1-17,19-24,26-32,41H,18,25H2. The molecule has 1 spiro atoms. The second kappa shape index (κ2) is 12.4. The van der Waals surface area contributed by atoms with Gasteiger partial charge < -0.3 is 4.74 Å². The molecule has 1 unspecified atom stereocenters. The van der Waals surface area contributed by atoms with Gasteiger partial charge in [0.25, 0.3) is 0 Å². The van der Waals surface area contributed by atoms with Crippen molar-refractivity contribution in [3.05, 3.63) is 221 Å². The van der Waals surface area contributed by atoms with Gasteiger partial charge >= 0.3 is 0 Å². The zero-order valence-corrected chi connectivity index (χ0v) is 31.1. The van der Waals surface area contributed by atoms with Gasteiger partial charge in [0.15, 0.2) is 17.5 Å². The molecule has 8 aromatic rings. The third kappa shape index (κ3) is 4.71. The van der Waals surface area contributed by atoms with Gasteiger partial charge in [-0.1, -0.05) is 164 Å². The summed E-state index contributed by atoms with van der Waals surface area (Å²) in [6.07, 6.45) is 10.9. The minimum Gasteiger partial charge on any atom is -0.460 e. The second-order valence-corrected chi connectivity index (χ2v) is 15.4. The van der Waals surface area contributed by atoms with Gasteiger partial charge in [0.1, 0.15) is 11.5 Å². The van der Waals surface area contributed by atoms with E-state index < -0.39 is 5.41 Å². The summed E-state index contributed by atoms with van der Waals surface area (Å²) < 4.78 is 7.15. The molecule has 0 saturated heterocycles. The summed E-state index contributed by atoms with van der Waals surface area (Å²) in [6, 6.07) is 56.3. The van der Waals surface area contributed by atoms with Gasteiger partial charge in [-0.15, -0.1) is 0 Å². The SMILES string of the molecule is C1=Cc2cc(-c3nc(-c4ccccc4)nc(-c4ccccc4C4CC=CC5=C4Oc4ccccc4C54c5ccccc5-c5ccccc54)n3)cc3cccc(c23)C1. The fourth-order valence-corrected chi connectivity index (χ4v) is 9.98. The van der Waals surface area contributed by atoms with Crippen molar-refractivity contribution in [2.45, 2.75) is 24.2 Å². The Morgan fingerprint density at radius 2 is 1.19 bits per heavy atom. The normalized spacial score (nSPS) is 16.5. The molecule has 0 bridgehead atoms. The van der Waals surface area contributed by atoms with Crippen molar-refractivity contribution in [1.29, 1.82) is 0 Å². The number of rotatable bonds is 4. The molecule has 1 aromatic heterocycles. The number of aromatic nitrogens is 3. The summed E-state index contributed by atoms with van der Waals surface area (Å²) >= 11 is 0. The van der Waals surface area contributed by atoms with Crippen LogP contribution in [-0.4, -0.2) is 15.0 Å². The van der Waals surface area contributed by atoms with E-state index in [0.29, 0.717) is 17.5 Å². The van der Waals surface area contributed by atoms with Crippen molar-refractivity contribution in [1.82, 2.24) is 15.0 Å². The smallest absolute Gasteiger partial charge is 0.164 e. The molecule has 7 aromatic carbocycles. The highest BCUT2D eigenvalue weighted by molar-refractivity contribution is 5.98. The fraction of sp³-hybridized carbons (Fsp3) is 0.0755. The van der Waals surface area contributed by atoms with Gasteiger partial charge in [-0.05, 0) is 80.8 Å². The fourth-order valence-electron chi connectivity index (χ4n) is 9.98. The van der Waals surface area contributed by atoms with Crippen molar-refractivity contribution in [2.75, 3.05) is 0 Å². The van der Waals surface area contributed by atoms with Gasteiger partial charge in [0.2, 0.25) is 0 Å². The van der Waals surface area contributed by atoms with Crippen LogP contribution in [0.5, 0.6) is 5.75 Å². The van der Waals surface area contributed by atoms with Crippen LogP contribution >= 0.6 is 0 Å². The van der Waals surface area contributed by atoms with Crippen LogP contribution in [0.15, 0.2) is 187 Å². The molecule has 0 N–H and O–H groups in total. The molecule has 57 heavy (non-hydrogen) atoms. The predicted octanol–water partition coefficient (Wildman–Crippen LogP) is 12.3. The number of hydrogen-bond donors (Lipinski definition) is 0. The maximum absolute atomic E-state index is 7.15. The van der Waals surface area contributed by atoms with Crippen LogP contribution in [0.4, 0.5) is 0 Å². The van der Waals surface area contributed by atoms with Crippen LogP contribution in [0.2, 0.25) is 0 Å². The van der Waals surface area contributed by atoms with E-state index >= 15 is 0 Å². The molecule has 268 valence electrons. The Morgan fingerprint density at radius 1 is 0.526 bits per heavy atom. The zero-order chi connectivity index (χ0) is 37.5. The second-order valence-electron chi connectivity index (χ2n) is 15.4. The van der Waals surface area contributed by atoms with Gasteiger partial charge in [0.05, 0.1) is 5.41 Å². The summed E-state index contributed by atoms with van der Waals surface area (Å²) in [6.45, 7) is 0. The van der Waals surface area contributed by atoms with E-state index in [0.717, 1.165) is 46.6 Å². The first-order valence-corrected chi connectivity index (χ1v) is 19.8. The van der Waals surface area contributed by atoms with Gasteiger partial charge in [-0.3, -0.25) is 0 Å².